The molecule has 0 saturated carbocycles. The van der Waals surface area contributed by atoms with Crippen LogP contribution in [0.1, 0.15) is 10.4 Å². The van der Waals surface area contributed by atoms with Gasteiger partial charge in [0.1, 0.15) is 18.2 Å². The minimum Gasteiger partial charge on any atom is -0.468 e. The lowest BCUT2D eigenvalue weighted by Crippen LogP contribution is -2.22. The van der Waals surface area contributed by atoms with E-state index < -0.39 is 23.5 Å². The molecule has 0 fully saturated rings. The number of carbonyl (C=O) groups is 2. The maximum absolute atomic E-state index is 14.2. The minimum atomic E-state index is -0.690. The maximum Gasteiger partial charge on any atom is 0.325 e. The first-order valence-electron chi connectivity index (χ1n) is 7.19. The van der Waals surface area contributed by atoms with Crippen LogP contribution in [0.5, 0.6) is 0 Å². The van der Waals surface area contributed by atoms with E-state index in [-0.39, 0.29) is 22.4 Å². The van der Waals surface area contributed by atoms with Gasteiger partial charge in [0.15, 0.2) is 4.80 Å². The van der Waals surface area contributed by atoms with Crippen LogP contribution in [-0.2, 0) is 16.1 Å². The number of nitrogens with zero attached hydrogens (tertiary/aromatic N) is 2. The van der Waals surface area contributed by atoms with E-state index in [0.29, 0.717) is 4.70 Å². The number of esters is 1. The molecule has 0 atom stereocenters. The summed E-state index contributed by atoms with van der Waals surface area (Å²) in [4.78, 5) is 28.0. The lowest BCUT2D eigenvalue weighted by Gasteiger charge is -2.04. The van der Waals surface area contributed by atoms with Crippen LogP contribution in [-0.4, -0.2) is 23.6 Å². The van der Waals surface area contributed by atoms with Gasteiger partial charge in [-0.1, -0.05) is 23.5 Å². The summed E-state index contributed by atoms with van der Waals surface area (Å²) in [7, 11) is 1.21. The first-order valence-corrected chi connectivity index (χ1v) is 8.00. The number of rotatable bonds is 3. The van der Waals surface area contributed by atoms with Gasteiger partial charge in [0.25, 0.3) is 5.91 Å². The van der Waals surface area contributed by atoms with E-state index in [0.717, 1.165) is 17.4 Å². The lowest BCUT2D eigenvalue weighted by molar-refractivity contribution is -0.141. The second kappa shape index (κ2) is 6.94. The van der Waals surface area contributed by atoms with E-state index in [1.807, 2.05) is 0 Å². The summed E-state index contributed by atoms with van der Waals surface area (Å²) in [6.45, 7) is -0.299. The van der Waals surface area contributed by atoms with Gasteiger partial charge in [0, 0.05) is 5.56 Å². The first kappa shape index (κ1) is 17.0. The Hall–Kier alpha value is -2.87. The second-order valence-electron chi connectivity index (χ2n) is 5.06. The van der Waals surface area contributed by atoms with Crippen LogP contribution in [0.2, 0.25) is 0 Å². The Balaban J connectivity index is 2.17. The van der Waals surface area contributed by atoms with Gasteiger partial charge in [-0.05, 0) is 30.3 Å². The van der Waals surface area contributed by atoms with Crippen molar-refractivity contribution in [3.05, 3.63) is 64.5 Å². The third-order valence-corrected chi connectivity index (χ3v) is 4.48. The highest BCUT2D eigenvalue weighted by Gasteiger charge is 2.15. The molecule has 2 aromatic carbocycles. The molecule has 0 radical (unpaired) electrons. The van der Waals surface area contributed by atoms with Crippen molar-refractivity contribution in [2.75, 3.05) is 7.11 Å². The third kappa shape index (κ3) is 3.48. The zero-order valence-corrected chi connectivity index (χ0v) is 13.8. The number of aromatic nitrogens is 1. The number of fused-ring (bicyclic) bond motifs is 1. The number of hydrogen-bond acceptors (Lipinski definition) is 4. The average Bonchev–Trinajstić information content (AvgIpc) is 2.93. The summed E-state index contributed by atoms with van der Waals surface area (Å²) in [6, 6.07) is 9.52. The molecule has 1 amide bonds. The van der Waals surface area contributed by atoms with Gasteiger partial charge in [-0.25, -0.2) is 8.78 Å². The molecule has 0 aliphatic heterocycles. The van der Waals surface area contributed by atoms with Crippen molar-refractivity contribution in [2.24, 2.45) is 4.99 Å². The molecule has 5 nitrogen and oxygen atoms in total. The largest absolute Gasteiger partial charge is 0.468 e. The molecule has 1 aromatic heterocycles. The van der Waals surface area contributed by atoms with E-state index in [2.05, 4.69) is 9.73 Å². The molecule has 0 aliphatic carbocycles. The van der Waals surface area contributed by atoms with Gasteiger partial charge < -0.3 is 9.30 Å². The second-order valence-corrected chi connectivity index (χ2v) is 6.07. The van der Waals surface area contributed by atoms with Crippen molar-refractivity contribution in [3.8, 4) is 0 Å². The molecule has 0 N–H and O–H groups in total. The SMILES string of the molecule is COC(=O)Cn1c(=NC(=O)c2cccc(F)c2)sc2cccc(F)c21. The van der Waals surface area contributed by atoms with Crippen molar-refractivity contribution in [1.29, 1.82) is 0 Å². The number of benzene rings is 2. The Kier molecular flexibility index (Phi) is 4.71. The number of carbonyl (C=O) groups excluding carboxylic acids is 2. The van der Waals surface area contributed by atoms with Gasteiger partial charge >= 0.3 is 5.97 Å². The molecule has 3 aromatic rings. The topological polar surface area (TPSA) is 60.7 Å². The molecule has 0 aliphatic rings. The van der Waals surface area contributed by atoms with Crippen molar-refractivity contribution < 1.29 is 23.1 Å². The fourth-order valence-corrected chi connectivity index (χ4v) is 3.33. The van der Waals surface area contributed by atoms with E-state index in [1.165, 1.54) is 42.0 Å². The van der Waals surface area contributed by atoms with Gasteiger partial charge in [0.2, 0.25) is 0 Å². The third-order valence-electron chi connectivity index (χ3n) is 3.44. The standard InChI is InChI=1S/C17H12F2N2O3S/c1-24-14(22)9-21-15-12(19)6-3-7-13(15)25-17(21)20-16(23)10-4-2-5-11(18)8-10/h2-8H,9H2,1H3. The molecule has 8 heteroatoms. The summed E-state index contributed by atoms with van der Waals surface area (Å²) in [6.07, 6.45) is 0. The maximum atomic E-state index is 14.2. The normalized spacial score (nSPS) is 11.7. The number of ether oxygens (including phenoxy) is 1. The van der Waals surface area contributed by atoms with E-state index in [9.17, 15) is 18.4 Å². The van der Waals surface area contributed by atoms with Gasteiger partial charge in [-0.15, -0.1) is 0 Å². The average molecular weight is 362 g/mol. The predicted molar refractivity (Wildman–Crippen MR) is 88.1 cm³/mol. The van der Waals surface area contributed by atoms with Crippen molar-refractivity contribution in [2.45, 2.75) is 6.54 Å². The fraction of sp³-hybridized carbons (Fsp3) is 0.118. The van der Waals surface area contributed by atoms with Gasteiger partial charge in [0.05, 0.1) is 17.3 Å². The van der Waals surface area contributed by atoms with Gasteiger partial charge in [-0.2, -0.15) is 4.99 Å². The predicted octanol–water partition coefficient (Wildman–Crippen LogP) is 2.90. The van der Waals surface area contributed by atoms with Crippen molar-refractivity contribution >= 4 is 33.4 Å². The summed E-state index contributed by atoms with van der Waals surface area (Å²) < 4.78 is 33.9. The number of methoxy groups -OCH3 is 1. The smallest absolute Gasteiger partial charge is 0.325 e. The number of halogens is 2. The number of thiazole rings is 1. The van der Waals surface area contributed by atoms with Crippen LogP contribution < -0.4 is 4.80 Å². The van der Waals surface area contributed by atoms with Crippen LogP contribution in [0.4, 0.5) is 8.78 Å². The molecule has 0 saturated heterocycles. The Morgan fingerprint density at radius 1 is 1.20 bits per heavy atom. The highest BCUT2D eigenvalue weighted by atomic mass is 32.1. The number of hydrogen-bond donors (Lipinski definition) is 0. The Bertz CT molecular complexity index is 1040. The molecule has 0 bridgehead atoms. The fourth-order valence-electron chi connectivity index (χ4n) is 2.29. The number of para-hydroxylation sites is 1. The van der Waals surface area contributed by atoms with E-state index >= 15 is 0 Å². The zero-order chi connectivity index (χ0) is 18.0. The molecule has 3 rings (SSSR count). The highest BCUT2D eigenvalue weighted by molar-refractivity contribution is 7.16. The number of amides is 1. The summed E-state index contributed by atoms with van der Waals surface area (Å²) >= 11 is 1.05. The van der Waals surface area contributed by atoms with Crippen molar-refractivity contribution in [1.82, 2.24) is 4.57 Å². The van der Waals surface area contributed by atoms with E-state index in [1.54, 1.807) is 6.07 Å². The Labute approximate surface area is 144 Å². The molecule has 0 unspecified atom stereocenters. The summed E-state index contributed by atoms with van der Waals surface area (Å²) in [5.41, 5.74) is 0.214. The molecular formula is C17H12F2N2O3S. The Morgan fingerprint density at radius 2 is 1.96 bits per heavy atom. The zero-order valence-electron chi connectivity index (χ0n) is 13.0. The van der Waals surface area contributed by atoms with Crippen LogP contribution in [0.25, 0.3) is 10.2 Å². The first-order chi connectivity index (χ1) is 12.0. The Morgan fingerprint density at radius 3 is 2.68 bits per heavy atom. The minimum absolute atomic E-state index is 0.0579. The monoisotopic (exact) mass is 362 g/mol. The lowest BCUT2D eigenvalue weighted by atomic mass is 10.2. The van der Waals surface area contributed by atoms with Crippen molar-refractivity contribution in [3.63, 3.8) is 0 Å². The summed E-state index contributed by atoms with van der Waals surface area (Å²) in [5.74, 6) is -2.41. The van der Waals surface area contributed by atoms with Crippen LogP contribution >= 0.6 is 11.3 Å². The molecule has 1 heterocycles. The van der Waals surface area contributed by atoms with E-state index in [4.69, 9.17) is 0 Å². The van der Waals surface area contributed by atoms with Crippen LogP contribution in [0.15, 0.2) is 47.5 Å². The molecule has 25 heavy (non-hydrogen) atoms. The molecular weight excluding hydrogens is 350 g/mol. The molecule has 128 valence electrons. The van der Waals surface area contributed by atoms with Gasteiger partial charge in [-0.3, -0.25) is 9.59 Å². The molecule has 0 spiro atoms. The highest BCUT2D eigenvalue weighted by Crippen LogP contribution is 2.20. The van der Waals surface area contributed by atoms with Crippen LogP contribution in [0, 0.1) is 11.6 Å². The summed E-state index contributed by atoms with van der Waals surface area (Å²) in [5, 5.41) is 0. The quantitative estimate of drug-likeness (QED) is 0.673. The van der Waals surface area contributed by atoms with Crippen LogP contribution in [0.3, 0.4) is 0 Å².